The van der Waals surface area contributed by atoms with Gasteiger partial charge in [0.2, 0.25) is 0 Å². The minimum absolute atomic E-state index is 0.00708. The van der Waals surface area contributed by atoms with Crippen molar-refractivity contribution in [1.82, 2.24) is 0 Å². The Morgan fingerprint density at radius 1 is 1.22 bits per heavy atom. The molecule has 0 aromatic heterocycles. The zero-order valence-electron chi connectivity index (χ0n) is 12.5. The highest BCUT2D eigenvalue weighted by Crippen LogP contribution is 2.46. The van der Waals surface area contributed by atoms with Gasteiger partial charge in [-0.2, -0.15) is 0 Å². The Kier molecular flexibility index (Phi) is 3.78. The first kappa shape index (κ1) is 14.3. The molecule has 0 spiro atoms. The molecule has 2 bridgehead atoms. The van der Waals surface area contributed by atoms with Crippen LogP contribution in [0.4, 0.5) is 0 Å². The minimum Gasteiger partial charge on any atom is -0.392 e. The third-order valence-corrected chi connectivity index (χ3v) is 9.54. The molecule has 3 heteroatoms. The average molecular weight is 268 g/mol. The maximum Gasteiger partial charge on any atom is 0.195 e. The number of ether oxygens (including phenoxy) is 1. The van der Waals surface area contributed by atoms with E-state index in [4.69, 9.17) is 9.16 Å². The summed E-state index contributed by atoms with van der Waals surface area (Å²) in [6, 6.07) is 0. The molecule has 1 saturated heterocycles. The van der Waals surface area contributed by atoms with Crippen LogP contribution in [0.1, 0.15) is 40.0 Å². The third kappa shape index (κ3) is 2.58. The van der Waals surface area contributed by atoms with Gasteiger partial charge >= 0.3 is 0 Å². The van der Waals surface area contributed by atoms with Crippen molar-refractivity contribution in [3.8, 4) is 0 Å². The smallest absolute Gasteiger partial charge is 0.195 e. The van der Waals surface area contributed by atoms with Crippen LogP contribution in [0.3, 0.4) is 0 Å². The number of hydrogen-bond acceptors (Lipinski definition) is 2. The lowest BCUT2D eigenvalue weighted by Gasteiger charge is -2.43. The maximum atomic E-state index is 6.47. The van der Waals surface area contributed by atoms with Crippen molar-refractivity contribution < 1.29 is 9.16 Å². The molecule has 2 nitrogen and oxygen atoms in total. The molecule has 1 aliphatic heterocycles. The van der Waals surface area contributed by atoms with Gasteiger partial charge in [-0.1, -0.05) is 26.8 Å². The molecule has 1 aliphatic carbocycles. The fraction of sp³-hybridized carbons (Fsp3) is 0.867. The summed E-state index contributed by atoms with van der Waals surface area (Å²) in [5.74, 6) is 1.30. The van der Waals surface area contributed by atoms with Gasteiger partial charge in [-0.3, -0.25) is 0 Å². The van der Waals surface area contributed by atoms with Crippen LogP contribution in [-0.4, -0.2) is 20.7 Å². The Labute approximate surface area is 113 Å². The van der Waals surface area contributed by atoms with Gasteiger partial charge in [-0.05, 0) is 43.3 Å². The van der Waals surface area contributed by atoms with Crippen molar-refractivity contribution in [2.75, 3.05) is 0 Å². The van der Waals surface area contributed by atoms with E-state index in [1.165, 1.54) is 19.3 Å². The lowest BCUT2D eigenvalue weighted by Crippen LogP contribution is -2.48. The molecular weight excluding hydrogens is 240 g/mol. The zero-order valence-corrected chi connectivity index (χ0v) is 13.5. The fourth-order valence-electron chi connectivity index (χ4n) is 2.81. The van der Waals surface area contributed by atoms with Crippen molar-refractivity contribution in [2.24, 2.45) is 11.8 Å². The number of hydrogen-bond donors (Lipinski definition) is 0. The van der Waals surface area contributed by atoms with E-state index in [0.29, 0.717) is 11.8 Å². The highest BCUT2D eigenvalue weighted by molar-refractivity contribution is 6.74. The van der Waals surface area contributed by atoms with Gasteiger partial charge in [0.15, 0.2) is 14.6 Å². The van der Waals surface area contributed by atoms with Gasteiger partial charge in [0, 0.05) is 5.92 Å². The SMILES string of the molecule is C=CC1OC(O[Si](C)(C)C(C)(C)C)C2CCC1C2. The van der Waals surface area contributed by atoms with Crippen molar-refractivity contribution in [2.45, 2.75) is 70.6 Å². The van der Waals surface area contributed by atoms with Crippen LogP contribution in [0, 0.1) is 11.8 Å². The minimum atomic E-state index is -1.73. The quantitative estimate of drug-likeness (QED) is 0.560. The van der Waals surface area contributed by atoms with E-state index >= 15 is 0 Å². The van der Waals surface area contributed by atoms with Crippen LogP contribution >= 0.6 is 0 Å². The normalized spacial score (nSPS) is 36.7. The summed E-state index contributed by atoms with van der Waals surface area (Å²) < 4.78 is 12.6. The highest BCUT2D eigenvalue weighted by atomic mass is 28.4. The number of fused-ring (bicyclic) bond motifs is 2. The first-order valence-electron chi connectivity index (χ1n) is 7.20. The van der Waals surface area contributed by atoms with Crippen LogP contribution < -0.4 is 0 Å². The van der Waals surface area contributed by atoms with Gasteiger partial charge in [0.1, 0.15) is 0 Å². The van der Waals surface area contributed by atoms with E-state index in [2.05, 4.69) is 40.4 Å². The van der Waals surface area contributed by atoms with Crippen LogP contribution in [0.15, 0.2) is 12.7 Å². The molecule has 0 amide bonds. The summed E-state index contributed by atoms with van der Waals surface area (Å²) in [6.07, 6.45) is 5.98. The third-order valence-electron chi connectivity index (χ3n) is 5.10. The predicted octanol–water partition coefficient (Wildman–Crippen LogP) is 4.34. The summed E-state index contributed by atoms with van der Waals surface area (Å²) >= 11 is 0. The molecule has 2 aliphatic rings. The summed E-state index contributed by atoms with van der Waals surface area (Å²) in [5.41, 5.74) is 0. The molecule has 1 saturated carbocycles. The Morgan fingerprint density at radius 2 is 1.83 bits per heavy atom. The molecule has 18 heavy (non-hydrogen) atoms. The van der Waals surface area contributed by atoms with E-state index in [0.717, 1.165) is 0 Å². The van der Waals surface area contributed by atoms with Gasteiger partial charge in [-0.25, -0.2) is 0 Å². The van der Waals surface area contributed by atoms with Crippen molar-refractivity contribution in [3.63, 3.8) is 0 Å². The van der Waals surface area contributed by atoms with E-state index in [1.807, 2.05) is 6.08 Å². The maximum absolute atomic E-state index is 6.47. The summed E-state index contributed by atoms with van der Waals surface area (Å²) in [5, 5.41) is 0.246. The van der Waals surface area contributed by atoms with Crippen LogP contribution in [0.5, 0.6) is 0 Å². The van der Waals surface area contributed by atoms with E-state index in [1.54, 1.807) is 0 Å². The Bertz CT molecular complexity index is 319. The van der Waals surface area contributed by atoms with Crippen LogP contribution in [0.25, 0.3) is 0 Å². The van der Waals surface area contributed by atoms with Crippen molar-refractivity contribution in [3.05, 3.63) is 12.7 Å². The molecule has 1 heterocycles. The molecule has 0 N–H and O–H groups in total. The standard InChI is InChI=1S/C15H28O2Si/c1-7-13-11-8-9-12(10-11)14(16-13)17-18(5,6)15(2,3)4/h7,11-14H,1,8-10H2,2-6H3. The summed E-state index contributed by atoms with van der Waals surface area (Å²) in [6.45, 7) is 15.4. The van der Waals surface area contributed by atoms with Gasteiger partial charge < -0.3 is 9.16 Å². The van der Waals surface area contributed by atoms with Gasteiger partial charge in [0.05, 0.1) is 6.10 Å². The van der Waals surface area contributed by atoms with Crippen LogP contribution in [-0.2, 0) is 9.16 Å². The predicted molar refractivity (Wildman–Crippen MR) is 78.0 cm³/mol. The van der Waals surface area contributed by atoms with E-state index < -0.39 is 8.32 Å². The van der Waals surface area contributed by atoms with Gasteiger partial charge in [0.25, 0.3) is 0 Å². The Balaban J connectivity index is 2.07. The molecule has 4 atom stereocenters. The number of rotatable bonds is 3. The first-order valence-corrected chi connectivity index (χ1v) is 10.1. The second kappa shape index (κ2) is 4.77. The molecule has 0 radical (unpaired) electrons. The van der Waals surface area contributed by atoms with Crippen molar-refractivity contribution >= 4 is 8.32 Å². The second-order valence-corrected chi connectivity index (χ2v) is 12.2. The van der Waals surface area contributed by atoms with Gasteiger partial charge in [-0.15, -0.1) is 6.58 Å². The largest absolute Gasteiger partial charge is 0.392 e. The molecule has 0 aromatic carbocycles. The van der Waals surface area contributed by atoms with Crippen molar-refractivity contribution in [1.29, 1.82) is 0 Å². The molecular formula is C15H28O2Si. The summed E-state index contributed by atoms with van der Waals surface area (Å²) in [7, 11) is -1.73. The Hall–Kier alpha value is -0.123. The lowest BCUT2D eigenvalue weighted by atomic mass is 9.96. The molecule has 0 aromatic rings. The highest BCUT2D eigenvalue weighted by Gasteiger charge is 2.47. The topological polar surface area (TPSA) is 18.5 Å². The average Bonchev–Trinajstić information content (AvgIpc) is 2.66. The molecule has 2 fully saturated rings. The molecule has 104 valence electrons. The summed E-state index contributed by atoms with van der Waals surface area (Å²) in [4.78, 5) is 0. The van der Waals surface area contributed by atoms with E-state index in [-0.39, 0.29) is 17.4 Å². The first-order chi connectivity index (χ1) is 8.24. The van der Waals surface area contributed by atoms with Crippen LogP contribution in [0.2, 0.25) is 18.1 Å². The lowest BCUT2D eigenvalue weighted by molar-refractivity contribution is -0.172. The second-order valence-electron chi connectivity index (χ2n) is 7.42. The molecule has 4 unspecified atom stereocenters. The van der Waals surface area contributed by atoms with E-state index in [9.17, 15) is 0 Å². The molecule has 2 rings (SSSR count). The monoisotopic (exact) mass is 268 g/mol. The zero-order chi connectivity index (χ0) is 13.6. The fourth-order valence-corrected chi connectivity index (χ4v) is 4.00. The Morgan fingerprint density at radius 3 is 2.39 bits per heavy atom.